The molecule has 2 N–H and O–H groups in total. The average Bonchev–Trinajstić information content (AvgIpc) is 2.36. The van der Waals surface area contributed by atoms with Crippen molar-refractivity contribution in [2.45, 2.75) is 39.3 Å². The third-order valence-electron chi connectivity index (χ3n) is 2.20. The van der Waals surface area contributed by atoms with Gasteiger partial charge in [-0.1, -0.05) is 0 Å². The summed E-state index contributed by atoms with van der Waals surface area (Å²) < 4.78 is 9.87. The maximum absolute atomic E-state index is 12.0. The predicted molar refractivity (Wildman–Crippen MR) is 73.9 cm³/mol. The maximum Gasteiger partial charge on any atom is 0.324 e. The standard InChI is InChI=1S/C12H21N5O3/c1-7(8(18)17-12(2,3)4)13-9-14-10(19-5)16-11(15-9)20-6/h7H,1-6H3,(H,17,18)(H,13,14,15,16). The van der Waals surface area contributed by atoms with Gasteiger partial charge in [0, 0.05) is 5.54 Å². The Balaban J connectivity index is 2.79. The molecule has 8 nitrogen and oxygen atoms in total. The van der Waals surface area contributed by atoms with Gasteiger partial charge in [0.1, 0.15) is 6.04 Å². The first-order chi connectivity index (χ1) is 9.25. The third-order valence-corrected chi connectivity index (χ3v) is 2.20. The molecule has 0 saturated heterocycles. The zero-order valence-electron chi connectivity index (χ0n) is 12.6. The van der Waals surface area contributed by atoms with Crippen LogP contribution < -0.4 is 20.1 Å². The van der Waals surface area contributed by atoms with E-state index in [1.165, 1.54) is 14.2 Å². The van der Waals surface area contributed by atoms with Gasteiger partial charge in [-0.15, -0.1) is 4.98 Å². The highest BCUT2D eigenvalue weighted by Crippen LogP contribution is 2.13. The summed E-state index contributed by atoms with van der Waals surface area (Å²) in [5.74, 6) is 0.0566. The Morgan fingerprint density at radius 2 is 1.60 bits per heavy atom. The predicted octanol–water partition coefficient (Wildman–Crippen LogP) is 0.604. The Morgan fingerprint density at radius 1 is 1.10 bits per heavy atom. The summed E-state index contributed by atoms with van der Waals surface area (Å²) in [5, 5.41) is 5.74. The number of methoxy groups -OCH3 is 2. The van der Waals surface area contributed by atoms with Crippen LogP contribution in [0.25, 0.3) is 0 Å². The number of rotatable bonds is 5. The molecule has 1 unspecified atom stereocenters. The van der Waals surface area contributed by atoms with Gasteiger partial charge in [-0.25, -0.2) is 0 Å². The van der Waals surface area contributed by atoms with E-state index in [-0.39, 0.29) is 29.4 Å². The fraction of sp³-hybridized carbons (Fsp3) is 0.667. The largest absolute Gasteiger partial charge is 0.467 e. The van der Waals surface area contributed by atoms with Crippen molar-refractivity contribution in [1.29, 1.82) is 0 Å². The third kappa shape index (κ3) is 4.87. The molecule has 0 fully saturated rings. The minimum Gasteiger partial charge on any atom is -0.467 e. The summed E-state index contributed by atoms with van der Waals surface area (Å²) in [5.41, 5.74) is -0.304. The molecule has 0 aliphatic heterocycles. The molecule has 8 heteroatoms. The highest BCUT2D eigenvalue weighted by atomic mass is 16.5. The summed E-state index contributed by atoms with van der Waals surface area (Å²) in [4.78, 5) is 23.8. The molecule has 20 heavy (non-hydrogen) atoms. The number of hydrogen-bond donors (Lipinski definition) is 2. The Morgan fingerprint density at radius 3 is 2.00 bits per heavy atom. The number of carbonyl (C=O) groups excluding carboxylic acids is 1. The van der Waals surface area contributed by atoms with Crippen molar-refractivity contribution < 1.29 is 14.3 Å². The molecule has 1 amide bonds. The fourth-order valence-electron chi connectivity index (χ4n) is 1.32. The monoisotopic (exact) mass is 283 g/mol. The Bertz CT molecular complexity index is 450. The van der Waals surface area contributed by atoms with Gasteiger partial charge in [0.15, 0.2) is 0 Å². The lowest BCUT2D eigenvalue weighted by molar-refractivity contribution is -0.122. The highest BCUT2D eigenvalue weighted by molar-refractivity contribution is 5.84. The van der Waals surface area contributed by atoms with E-state index in [1.807, 2.05) is 20.8 Å². The molecule has 0 aliphatic carbocycles. The quantitative estimate of drug-likeness (QED) is 0.816. The van der Waals surface area contributed by atoms with Crippen molar-refractivity contribution in [2.75, 3.05) is 19.5 Å². The number of aromatic nitrogens is 3. The molecule has 1 heterocycles. The Labute approximate surface area is 118 Å². The second-order valence-corrected chi connectivity index (χ2v) is 5.24. The maximum atomic E-state index is 12.0. The van der Waals surface area contributed by atoms with Crippen LogP contribution in [0.15, 0.2) is 0 Å². The van der Waals surface area contributed by atoms with Gasteiger partial charge in [0.25, 0.3) is 0 Å². The molecule has 1 atom stereocenters. The smallest absolute Gasteiger partial charge is 0.324 e. The van der Waals surface area contributed by atoms with Gasteiger partial charge in [-0.2, -0.15) is 9.97 Å². The highest BCUT2D eigenvalue weighted by Gasteiger charge is 2.20. The SMILES string of the molecule is COc1nc(NC(C)C(=O)NC(C)(C)C)nc(OC)n1. The van der Waals surface area contributed by atoms with E-state index in [2.05, 4.69) is 25.6 Å². The lowest BCUT2D eigenvalue weighted by Crippen LogP contribution is -2.47. The van der Waals surface area contributed by atoms with E-state index in [0.717, 1.165) is 0 Å². The molecule has 1 aromatic heterocycles. The van der Waals surface area contributed by atoms with Crippen molar-refractivity contribution >= 4 is 11.9 Å². The molecule has 0 radical (unpaired) electrons. The van der Waals surface area contributed by atoms with Crippen LogP contribution in [0.4, 0.5) is 5.95 Å². The van der Waals surface area contributed by atoms with Crippen LogP contribution in [-0.4, -0.2) is 46.7 Å². The van der Waals surface area contributed by atoms with E-state index in [1.54, 1.807) is 6.92 Å². The van der Waals surface area contributed by atoms with Gasteiger partial charge in [-0.3, -0.25) is 4.79 Å². The molecule has 0 bridgehead atoms. The topological polar surface area (TPSA) is 98.3 Å². The van der Waals surface area contributed by atoms with Crippen LogP contribution in [0, 0.1) is 0 Å². The summed E-state index contributed by atoms with van der Waals surface area (Å²) >= 11 is 0. The Kier molecular flexibility index (Phi) is 5.06. The first-order valence-electron chi connectivity index (χ1n) is 6.18. The van der Waals surface area contributed by atoms with Crippen molar-refractivity contribution in [3.8, 4) is 12.0 Å². The van der Waals surface area contributed by atoms with Crippen LogP contribution in [0.5, 0.6) is 12.0 Å². The van der Waals surface area contributed by atoms with Gasteiger partial charge >= 0.3 is 12.0 Å². The number of ether oxygens (including phenoxy) is 2. The molecular formula is C12H21N5O3. The van der Waals surface area contributed by atoms with Gasteiger partial charge in [0.2, 0.25) is 11.9 Å². The summed E-state index contributed by atoms with van der Waals surface area (Å²) in [6.07, 6.45) is 0. The average molecular weight is 283 g/mol. The second-order valence-electron chi connectivity index (χ2n) is 5.24. The summed E-state index contributed by atoms with van der Waals surface area (Å²) in [6.45, 7) is 7.44. The first kappa shape index (κ1) is 15.9. The molecule has 0 aliphatic rings. The van der Waals surface area contributed by atoms with Crippen molar-refractivity contribution in [3.63, 3.8) is 0 Å². The van der Waals surface area contributed by atoms with Crippen molar-refractivity contribution in [2.24, 2.45) is 0 Å². The van der Waals surface area contributed by atoms with Crippen LogP contribution in [-0.2, 0) is 4.79 Å². The van der Waals surface area contributed by atoms with Crippen LogP contribution in [0.2, 0.25) is 0 Å². The van der Waals surface area contributed by atoms with E-state index >= 15 is 0 Å². The second kappa shape index (κ2) is 6.36. The lowest BCUT2D eigenvalue weighted by atomic mass is 10.1. The lowest BCUT2D eigenvalue weighted by Gasteiger charge is -2.23. The normalized spacial score (nSPS) is 12.5. The van der Waals surface area contributed by atoms with Gasteiger partial charge in [-0.05, 0) is 27.7 Å². The zero-order valence-corrected chi connectivity index (χ0v) is 12.6. The minimum atomic E-state index is -0.508. The molecule has 0 spiro atoms. The molecule has 112 valence electrons. The Hall–Kier alpha value is -2.12. The first-order valence-corrected chi connectivity index (χ1v) is 6.18. The number of nitrogens with zero attached hydrogens (tertiary/aromatic N) is 3. The molecule has 1 rings (SSSR count). The molecular weight excluding hydrogens is 262 g/mol. The number of carbonyl (C=O) groups is 1. The summed E-state index contributed by atoms with van der Waals surface area (Å²) in [7, 11) is 2.88. The number of nitrogens with one attached hydrogen (secondary N) is 2. The molecule has 0 aromatic carbocycles. The molecule has 1 aromatic rings. The fourth-order valence-corrected chi connectivity index (χ4v) is 1.32. The van der Waals surface area contributed by atoms with E-state index in [0.29, 0.717) is 0 Å². The summed E-state index contributed by atoms with van der Waals surface area (Å²) in [6, 6.07) is -0.281. The molecule has 0 saturated carbocycles. The van der Waals surface area contributed by atoms with Gasteiger partial charge in [0.05, 0.1) is 14.2 Å². The van der Waals surface area contributed by atoms with E-state index < -0.39 is 6.04 Å². The number of hydrogen-bond acceptors (Lipinski definition) is 7. The van der Waals surface area contributed by atoms with Crippen LogP contribution in [0.3, 0.4) is 0 Å². The van der Waals surface area contributed by atoms with Crippen molar-refractivity contribution in [3.05, 3.63) is 0 Å². The van der Waals surface area contributed by atoms with Crippen molar-refractivity contribution in [1.82, 2.24) is 20.3 Å². The van der Waals surface area contributed by atoms with Gasteiger partial charge < -0.3 is 20.1 Å². The van der Waals surface area contributed by atoms with Crippen LogP contribution in [0.1, 0.15) is 27.7 Å². The number of amides is 1. The van der Waals surface area contributed by atoms with Crippen LogP contribution >= 0.6 is 0 Å². The van der Waals surface area contributed by atoms with E-state index in [4.69, 9.17) is 9.47 Å². The minimum absolute atomic E-state index is 0.114. The zero-order chi connectivity index (χ0) is 15.3. The number of anilines is 1. The van der Waals surface area contributed by atoms with E-state index in [9.17, 15) is 4.79 Å².